The van der Waals surface area contributed by atoms with Gasteiger partial charge in [-0.15, -0.1) is 0 Å². The number of anilines is 3. The number of thiazole rings is 1. The van der Waals surface area contributed by atoms with Crippen LogP contribution in [0.2, 0.25) is 0 Å². The monoisotopic (exact) mass is 390 g/mol. The first kappa shape index (κ1) is 18.2. The largest absolute Gasteiger partial charge is 0.323 e. The van der Waals surface area contributed by atoms with Crippen LogP contribution >= 0.6 is 11.3 Å². The van der Waals surface area contributed by atoms with E-state index in [0.717, 1.165) is 27.8 Å². The molecule has 1 aromatic heterocycles. The molecule has 3 aromatic rings. The second-order valence-corrected chi connectivity index (χ2v) is 8.68. The van der Waals surface area contributed by atoms with Gasteiger partial charge in [-0.1, -0.05) is 23.5 Å². The lowest BCUT2D eigenvalue weighted by atomic mass is 10.1. The van der Waals surface area contributed by atoms with Gasteiger partial charge in [0.1, 0.15) is 0 Å². The van der Waals surface area contributed by atoms with Gasteiger partial charge >= 0.3 is 6.03 Å². The minimum Gasteiger partial charge on any atom is -0.308 e. The fourth-order valence-corrected chi connectivity index (χ4v) is 4.12. The molecule has 0 radical (unpaired) electrons. The van der Waals surface area contributed by atoms with Crippen molar-refractivity contribution in [3.05, 3.63) is 47.5 Å². The molecule has 0 fully saturated rings. The second-order valence-electron chi connectivity index (χ2n) is 5.90. The van der Waals surface area contributed by atoms with Crippen molar-refractivity contribution in [3.63, 3.8) is 0 Å². The third kappa shape index (κ3) is 4.30. The maximum absolute atomic E-state index is 12.2. The maximum atomic E-state index is 12.2. The van der Waals surface area contributed by atoms with Crippen LogP contribution in [0.3, 0.4) is 0 Å². The molecule has 0 aliphatic heterocycles. The molecule has 3 N–H and O–H groups in total. The van der Waals surface area contributed by atoms with Crippen LogP contribution in [0.1, 0.15) is 11.1 Å². The summed E-state index contributed by atoms with van der Waals surface area (Å²) in [5.41, 5.74) is 4.11. The molecule has 0 atom stereocenters. The number of aromatic nitrogens is 1. The minimum atomic E-state index is -3.38. The number of fused-ring (bicyclic) bond motifs is 1. The van der Waals surface area contributed by atoms with Crippen molar-refractivity contribution in [2.24, 2.45) is 0 Å². The van der Waals surface area contributed by atoms with Gasteiger partial charge in [-0.25, -0.2) is 18.2 Å². The molecular weight excluding hydrogens is 372 g/mol. The van der Waals surface area contributed by atoms with E-state index < -0.39 is 10.0 Å². The van der Waals surface area contributed by atoms with E-state index >= 15 is 0 Å². The SMILES string of the molecule is Cc1cccc(NC(=O)Nc2ccc3nc(NS(C)(=O)=O)sc3c2)c1C. The Morgan fingerprint density at radius 3 is 2.62 bits per heavy atom. The average Bonchev–Trinajstić information content (AvgIpc) is 2.91. The van der Waals surface area contributed by atoms with E-state index in [1.807, 2.05) is 32.0 Å². The minimum absolute atomic E-state index is 0.291. The first-order chi connectivity index (χ1) is 12.2. The van der Waals surface area contributed by atoms with Gasteiger partial charge in [-0.2, -0.15) is 0 Å². The van der Waals surface area contributed by atoms with Crippen molar-refractivity contribution < 1.29 is 13.2 Å². The van der Waals surface area contributed by atoms with Gasteiger partial charge in [-0.05, 0) is 49.2 Å². The summed E-state index contributed by atoms with van der Waals surface area (Å²) in [6, 6.07) is 10.6. The van der Waals surface area contributed by atoms with Gasteiger partial charge in [0, 0.05) is 11.4 Å². The molecule has 3 rings (SSSR count). The molecule has 0 saturated carbocycles. The smallest absolute Gasteiger partial charge is 0.308 e. The molecule has 0 aliphatic rings. The number of nitrogens with one attached hydrogen (secondary N) is 3. The third-order valence-electron chi connectivity index (χ3n) is 3.77. The van der Waals surface area contributed by atoms with E-state index in [2.05, 4.69) is 20.3 Å². The summed E-state index contributed by atoms with van der Waals surface area (Å²) in [5.74, 6) is 0. The van der Waals surface area contributed by atoms with Gasteiger partial charge in [0.25, 0.3) is 0 Å². The van der Waals surface area contributed by atoms with Gasteiger partial charge < -0.3 is 10.6 Å². The lowest BCUT2D eigenvalue weighted by molar-refractivity contribution is 0.262. The Balaban J connectivity index is 1.76. The summed E-state index contributed by atoms with van der Waals surface area (Å²) in [5, 5.41) is 5.90. The van der Waals surface area contributed by atoms with Gasteiger partial charge in [0.2, 0.25) is 10.0 Å². The number of carbonyl (C=O) groups excluding carboxylic acids is 1. The van der Waals surface area contributed by atoms with Crippen LogP contribution in [-0.4, -0.2) is 25.7 Å². The number of hydrogen-bond donors (Lipinski definition) is 3. The lowest BCUT2D eigenvalue weighted by Gasteiger charge is -2.11. The Kier molecular flexibility index (Phi) is 4.84. The molecule has 2 amide bonds. The number of amides is 2. The van der Waals surface area contributed by atoms with E-state index in [0.29, 0.717) is 16.3 Å². The van der Waals surface area contributed by atoms with Gasteiger partial charge in [0.05, 0.1) is 16.5 Å². The summed E-state index contributed by atoms with van der Waals surface area (Å²) in [6.07, 6.45) is 1.07. The van der Waals surface area contributed by atoms with Gasteiger partial charge in [-0.3, -0.25) is 4.72 Å². The molecule has 1 heterocycles. The number of urea groups is 1. The van der Waals surface area contributed by atoms with Crippen molar-refractivity contribution in [2.45, 2.75) is 13.8 Å². The zero-order valence-electron chi connectivity index (χ0n) is 14.5. The molecule has 0 spiro atoms. The van der Waals surface area contributed by atoms with Crippen molar-refractivity contribution in [1.82, 2.24) is 4.98 Å². The number of aryl methyl sites for hydroxylation is 1. The highest BCUT2D eigenvalue weighted by molar-refractivity contribution is 7.92. The van der Waals surface area contributed by atoms with E-state index in [4.69, 9.17) is 0 Å². The zero-order valence-corrected chi connectivity index (χ0v) is 16.1. The number of nitrogens with zero attached hydrogens (tertiary/aromatic N) is 1. The highest BCUT2D eigenvalue weighted by Gasteiger charge is 2.10. The highest BCUT2D eigenvalue weighted by Crippen LogP contribution is 2.29. The second kappa shape index (κ2) is 6.93. The van der Waals surface area contributed by atoms with Gasteiger partial charge in [0.15, 0.2) is 5.13 Å². The Hall–Kier alpha value is -2.65. The van der Waals surface area contributed by atoms with Crippen LogP contribution in [0.5, 0.6) is 0 Å². The standard InChI is InChI=1S/C17H18N4O3S2/c1-10-5-4-6-13(11(10)2)19-16(22)18-12-7-8-14-15(9-12)25-17(20-14)21-26(3,23)24/h4-9H,1-3H3,(H,20,21)(H2,18,19,22). The number of sulfonamides is 1. The average molecular weight is 390 g/mol. The Morgan fingerprint density at radius 1 is 1.12 bits per heavy atom. The normalized spacial score (nSPS) is 11.3. The quantitative estimate of drug-likeness (QED) is 0.628. The molecule has 0 bridgehead atoms. The third-order valence-corrected chi connectivity index (χ3v) is 5.40. The molecule has 2 aromatic carbocycles. The summed E-state index contributed by atoms with van der Waals surface area (Å²) >= 11 is 1.20. The van der Waals surface area contributed by atoms with E-state index in [-0.39, 0.29) is 6.03 Å². The van der Waals surface area contributed by atoms with E-state index in [1.165, 1.54) is 11.3 Å². The molecule has 7 nitrogen and oxygen atoms in total. The lowest BCUT2D eigenvalue weighted by Crippen LogP contribution is -2.20. The van der Waals surface area contributed by atoms with Crippen LogP contribution < -0.4 is 15.4 Å². The molecule has 136 valence electrons. The van der Waals surface area contributed by atoms with Crippen molar-refractivity contribution in [2.75, 3.05) is 21.6 Å². The Morgan fingerprint density at radius 2 is 1.88 bits per heavy atom. The molecule has 9 heteroatoms. The van der Waals surface area contributed by atoms with Crippen molar-refractivity contribution >= 4 is 54.1 Å². The predicted molar refractivity (Wildman–Crippen MR) is 107 cm³/mol. The van der Waals surface area contributed by atoms with Crippen LogP contribution in [0.4, 0.5) is 21.3 Å². The fourth-order valence-electron chi connectivity index (χ4n) is 2.38. The molecule has 0 saturated heterocycles. The van der Waals surface area contributed by atoms with Crippen LogP contribution in [0.15, 0.2) is 36.4 Å². The summed E-state index contributed by atoms with van der Waals surface area (Å²) in [6.45, 7) is 3.93. The number of rotatable bonds is 4. The summed E-state index contributed by atoms with van der Waals surface area (Å²) in [7, 11) is -3.38. The van der Waals surface area contributed by atoms with Crippen molar-refractivity contribution in [3.8, 4) is 0 Å². The van der Waals surface area contributed by atoms with Crippen LogP contribution in [0, 0.1) is 13.8 Å². The molecular formula is C17H18N4O3S2. The maximum Gasteiger partial charge on any atom is 0.323 e. The number of benzene rings is 2. The highest BCUT2D eigenvalue weighted by atomic mass is 32.2. The van der Waals surface area contributed by atoms with Crippen LogP contribution in [-0.2, 0) is 10.0 Å². The summed E-state index contributed by atoms with van der Waals surface area (Å²) in [4.78, 5) is 16.5. The van der Waals surface area contributed by atoms with Crippen molar-refractivity contribution in [1.29, 1.82) is 0 Å². The fraction of sp³-hybridized carbons (Fsp3) is 0.176. The molecule has 0 aliphatic carbocycles. The number of carbonyl (C=O) groups is 1. The zero-order chi connectivity index (χ0) is 18.9. The number of hydrogen-bond acceptors (Lipinski definition) is 5. The van der Waals surface area contributed by atoms with E-state index in [9.17, 15) is 13.2 Å². The predicted octanol–water partition coefficient (Wildman–Crippen LogP) is 3.93. The first-order valence-electron chi connectivity index (χ1n) is 7.74. The molecule has 0 unspecified atom stereocenters. The summed E-state index contributed by atoms with van der Waals surface area (Å²) < 4.78 is 25.7. The molecule has 26 heavy (non-hydrogen) atoms. The Labute approximate surface area is 155 Å². The topological polar surface area (TPSA) is 100 Å². The Bertz CT molecular complexity index is 1090. The first-order valence-corrected chi connectivity index (χ1v) is 10.4. The van der Waals surface area contributed by atoms with E-state index in [1.54, 1.807) is 18.2 Å². The van der Waals surface area contributed by atoms with Crippen LogP contribution in [0.25, 0.3) is 10.2 Å².